The van der Waals surface area contributed by atoms with Gasteiger partial charge < -0.3 is 5.11 Å². The normalized spacial score (nSPS) is 13.0. The maximum atomic E-state index is 12.2. The standard InChI is InChI=1S/C20H33NO3S2/c1-3-4-5-6-7-8-9-10-11-12-13-17(25)19(24)26-20(2,16-21)15-14-18(22)23/h3-15H2,1-2H3,(H,22,23). The molecule has 0 radical (unpaired) electrons. The maximum Gasteiger partial charge on any atom is 0.303 e. The SMILES string of the molecule is CCCCCCCCCCCCC(=S)C(=O)SC(C)(C#N)CCC(=O)O. The summed E-state index contributed by atoms with van der Waals surface area (Å²) in [7, 11) is 0. The fraction of sp³-hybridized carbons (Fsp3) is 0.800. The summed E-state index contributed by atoms with van der Waals surface area (Å²) in [4.78, 5) is 23.2. The van der Waals surface area contributed by atoms with Gasteiger partial charge in [-0.1, -0.05) is 88.7 Å². The molecule has 1 N–H and O–H groups in total. The third-order valence-electron chi connectivity index (χ3n) is 4.36. The van der Waals surface area contributed by atoms with E-state index in [0.717, 1.165) is 24.6 Å². The fourth-order valence-electron chi connectivity index (χ4n) is 2.61. The molecule has 0 heterocycles. The molecule has 1 unspecified atom stereocenters. The highest BCUT2D eigenvalue weighted by atomic mass is 32.2. The Morgan fingerprint density at radius 2 is 1.50 bits per heavy atom. The molecule has 1 atom stereocenters. The lowest BCUT2D eigenvalue weighted by atomic mass is 10.1. The lowest BCUT2D eigenvalue weighted by Gasteiger charge is -2.18. The van der Waals surface area contributed by atoms with Crippen LogP contribution in [0.3, 0.4) is 0 Å². The first-order chi connectivity index (χ1) is 12.3. The van der Waals surface area contributed by atoms with Crippen LogP contribution in [0.25, 0.3) is 0 Å². The fourth-order valence-corrected chi connectivity index (χ4v) is 3.76. The van der Waals surface area contributed by atoms with Crippen molar-refractivity contribution < 1.29 is 14.7 Å². The van der Waals surface area contributed by atoms with Crippen molar-refractivity contribution in [2.75, 3.05) is 0 Å². The predicted octanol–water partition coefficient (Wildman–Crippen LogP) is 6.07. The molecule has 0 aliphatic rings. The Morgan fingerprint density at radius 3 is 1.96 bits per heavy atom. The molecule has 0 fully saturated rings. The second kappa shape index (κ2) is 15.2. The number of carboxylic acids is 1. The summed E-state index contributed by atoms with van der Waals surface area (Å²) in [5.41, 5.74) is 0. The second-order valence-corrected chi connectivity index (χ2v) is 8.95. The Labute approximate surface area is 168 Å². The van der Waals surface area contributed by atoms with Gasteiger partial charge in [-0.15, -0.1) is 0 Å². The lowest BCUT2D eigenvalue weighted by Crippen LogP contribution is -2.24. The summed E-state index contributed by atoms with van der Waals surface area (Å²) in [6.45, 7) is 3.83. The first-order valence-corrected chi connectivity index (χ1v) is 11.0. The van der Waals surface area contributed by atoms with Crippen LogP contribution in [0.15, 0.2) is 0 Å². The van der Waals surface area contributed by atoms with Crippen LogP contribution in [0.5, 0.6) is 0 Å². The topological polar surface area (TPSA) is 78.2 Å². The molecule has 0 amide bonds. The van der Waals surface area contributed by atoms with Gasteiger partial charge >= 0.3 is 5.97 Å². The summed E-state index contributed by atoms with van der Waals surface area (Å²) < 4.78 is -1.03. The van der Waals surface area contributed by atoms with Crippen LogP contribution in [-0.2, 0) is 9.59 Å². The van der Waals surface area contributed by atoms with Crippen molar-refractivity contribution in [2.24, 2.45) is 0 Å². The van der Waals surface area contributed by atoms with Crippen LogP contribution < -0.4 is 0 Å². The van der Waals surface area contributed by atoms with Crippen LogP contribution in [-0.4, -0.2) is 25.8 Å². The summed E-state index contributed by atoms with van der Waals surface area (Å²) in [6, 6.07) is 2.05. The summed E-state index contributed by atoms with van der Waals surface area (Å²) in [5, 5.41) is 17.7. The summed E-state index contributed by atoms with van der Waals surface area (Å²) in [5.74, 6) is -0.965. The van der Waals surface area contributed by atoms with E-state index in [0.29, 0.717) is 11.3 Å². The van der Waals surface area contributed by atoms with E-state index in [4.69, 9.17) is 17.3 Å². The minimum atomic E-state index is -1.03. The molecule has 0 aliphatic heterocycles. The molecule has 148 valence electrons. The number of hydrogen-bond donors (Lipinski definition) is 1. The zero-order valence-electron chi connectivity index (χ0n) is 16.2. The Morgan fingerprint density at radius 1 is 1.00 bits per heavy atom. The Hall–Kier alpha value is -0.930. The molecule has 0 bridgehead atoms. The summed E-state index contributed by atoms with van der Waals surface area (Å²) >= 11 is 6.07. The predicted molar refractivity (Wildman–Crippen MR) is 113 cm³/mol. The van der Waals surface area contributed by atoms with Gasteiger partial charge in [0, 0.05) is 6.42 Å². The quantitative estimate of drug-likeness (QED) is 0.250. The van der Waals surface area contributed by atoms with Gasteiger partial charge in [0.25, 0.3) is 0 Å². The van der Waals surface area contributed by atoms with Crippen LogP contribution in [0.4, 0.5) is 0 Å². The van der Waals surface area contributed by atoms with Gasteiger partial charge in [0.15, 0.2) is 0 Å². The van der Waals surface area contributed by atoms with E-state index < -0.39 is 10.7 Å². The van der Waals surface area contributed by atoms with Gasteiger partial charge in [-0.25, -0.2) is 0 Å². The van der Waals surface area contributed by atoms with Crippen molar-refractivity contribution in [1.82, 2.24) is 0 Å². The van der Waals surface area contributed by atoms with Gasteiger partial charge in [-0.3, -0.25) is 9.59 Å². The third-order valence-corrected chi connectivity index (χ3v) is 6.05. The van der Waals surface area contributed by atoms with Gasteiger partial charge in [-0.05, 0) is 26.2 Å². The molecule has 26 heavy (non-hydrogen) atoms. The van der Waals surface area contributed by atoms with Crippen LogP contribution >= 0.6 is 24.0 Å². The highest BCUT2D eigenvalue weighted by Crippen LogP contribution is 2.31. The zero-order chi connectivity index (χ0) is 19.8. The van der Waals surface area contributed by atoms with Crippen molar-refractivity contribution in [1.29, 1.82) is 5.26 Å². The number of nitrogens with zero attached hydrogens (tertiary/aromatic N) is 1. The number of rotatable bonds is 16. The minimum Gasteiger partial charge on any atom is -0.481 e. The van der Waals surface area contributed by atoms with Crippen molar-refractivity contribution >= 4 is 39.9 Å². The molecule has 0 saturated carbocycles. The maximum absolute atomic E-state index is 12.2. The van der Waals surface area contributed by atoms with E-state index in [1.807, 2.05) is 6.07 Å². The second-order valence-electron chi connectivity index (χ2n) is 6.98. The van der Waals surface area contributed by atoms with Crippen molar-refractivity contribution in [2.45, 2.75) is 102 Å². The van der Waals surface area contributed by atoms with E-state index in [1.54, 1.807) is 6.92 Å². The number of nitriles is 1. The van der Waals surface area contributed by atoms with E-state index in [-0.39, 0.29) is 18.0 Å². The largest absolute Gasteiger partial charge is 0.481 e. The van der Waals surface area contributed by atoms with Crippen LogP contribution in [0.1, 0.15) is 97.3 Å². The number of hydrogen-bond acceptors (Lipinski definition) is 5. The number of thioether (sulfide) groups is 1. The Balaban J connectivity index is 3.87. The number of carbonyl (C=O) groups excluding carboxylic acids is 1. The summed E-state index contributed by atoms with van der Waals surface area (Å²) in [6.07, 6.45) is 12.9. The zero-order valence-corrected chi connectivity index (χ0v) is 17.9. The van der Waals surface area contributed by atoms with Crippen LogP contribution in [0.2, 0.25) is 0 Å². The Kier molecular flexibility index (Phi) is 14.6. The molecular weight excluding hydrogens is 366 g/mol. The molecule has 6 heteroatoms. The highest BCUT2D eigenvalue weighted by molar-refractivity contribution is 8.18. The number of carbonyl (C=O) groups is 2. The molecule has 0 aromatic carbocycles. The van der Waals surface area contributed by atoms with Crippen molar-refractivity contribution in [3.05, 3.63) is 0 Å². The number of thiocarbonyl (C=S) groups is 1. The van der Waals surface area contributed by atoms with E-state index in [1.165, 1.54) is 51.4 Å². The molecule has 0 spiro atoms. The van der Waals surface area contributed by atoms with E-state index in [2.05, 4.69) is 6.92 Å². The average molecular weight is 400 g/mol. The molecule has 0 aliphatic carbocycles. The Bertz CT molecular complexity index is 488. The molecule has 0 saturated heterocycles. The average Bonchev–Trinajstić information content (AvgIpc) is 2.61. The molecular formula is C20H33NO3S2. The van der Waals surface area contributed by atoms with Gasteiger partial charge in [0.05, 0.1) is 10.9 Å². The highest BCUT2D eigenvalue weighted by Gasteiger charge is 2.30. The van der Waals surface area contributed by atoms with Gasteiger partial charge in [0.2, 0.25) is 5.12 Å². The molecule has 0 rings (SSSR count). The van der Waals surface area contributed by atoms with Crippen molar-refractivity contribution in [3.63, 3.8) is 0 Å². The number of carboxylic acid groups (broad SMARTS) is 1. The number of aliphatic carboxylic acids is 1. The first kappa shape index (κ1) is 25.1. The molecule has 0 aromatic rings. The van der Waals surface area contributed by atoms with E-state index in [9.17, 15) is 14.9 Å². The van der Waals surface area contributed by atoms with Crippen molar-refractivity contribution in [3.8, 4) is 6.07 Å². The monoisotopic (exact) mass is 399 g/mol. The molecule has 0 aromatic heterocycles. The van der Waals surface area contributed by atoms with Gasteiger partial charge in [0.1, 0.15) is 4.75 Å². The lowest BCUT2D eigenvalue weighted by molar-refractivity contribution is -0.137. The molecule has 4 nitrogen and oxygen atoms in total. The smallest absolute Gasteiger partial charge is 0.303 e. The van der Waals surface area contributed by atoms with Crippen LogP contribution in [0, 0.1) is 11.3 Å². The van der Waals surface area contributed by atoms with Gasteiger partial charge in [-0.2, -0.15) is 5.26 Å². The first-order valence-electron chi connectivity index (χ1n) is 9.74. The number of unbranched alkanes of at least 4 members (excludes halogenated alkanes) is 9. The minimum absolute atomic E-state index is 0.129. The third kappa shape index (κ3) is 13.3. The van der Waals surface area contributed by atoms with E-state index >= 15 is 0 Å².